The Morgan fingerprint density at radius 3 is 2.94 bits per heavy atom. The molecule has 5 heteroatoms. The van der Waals surface area contributed by atoms with Crippen molar-refractivity contribution in [3.05, 3.63) is 23.8 Å². The standard InChI is InChI=1S/C12H15N3OS/c1-8(16)15-6-2-3-9-4-5-10(7-11(9)15)14-12(13)17/h4-5,7H,2-3,6H2,1H3,(H3,13,14,17). The molecular formula is C12H15N3OS. The molecule has 1 aromatic rings. The van der Waals surface area contributed by atoms with E-state index in [-0.39, 0.29) is 11.0 Å². The molecule has 0 atom stereocenters. The molecule has 0 fully saturated rings. The summed E-state index contributed by atoms with van der Waals surface area (Å²) in [5.74, 6) is 0.0680. The highest BCUT2D eigenvalue weighted by Crippen LogP contribution is 2.30. The van der Waals surface area contributed by atoms with Gasteiger partial charge >= 0.3 is 0 Å². The minimum Gasteiger partial charge on any atom is -0.376 e. The van der Waals surface area contributed by atoms with Gasteiger partial charge in [-0.05, 0) is 42.8 Å². The van der Waals surface area contributed by atoms with Gasteiger partial charge in [0.15, 0.2) is 5.11 Å². The molecule has 1 aliphatic rings. The van der Waals surface area contributed by atoms with Crippen molar-refractivity contribution in [1.82, 2.24) is 0 Å². The van der Waals surface area contributed by atoms with Crippen molar-refractivity contribution in [3.63, 3.8) is 0 Å². The Labute approximate surface area is 106 Å². The van der Waals surface area contributed by atoms with Gasteiger partial charge in [-0.25, -0.2) is 0 Å². The number of benzene rings is 1. The summed E-state index contributed by atoms with van der Waals surface area (Å²) in [6.07, 6.45) is 2.02. The zero-order valence-electron chi connectivity index (χ0n) is 9.69. The second kappa shape index (κ2) is 4.71. The minimum absolute atomic E-state index is 0.0680. The fourth-order valence-corrected chi connectivity index (χ4v) is 2.24. The third kappa shape index (κ3) is 2.55. The molecule has 1 heterocycles. The lowest BCUT2D eigenvalue weighted by molar-refractivity contribution is -0.116. The Balaban J connectivity index is 2.36. The van der Waals surface area contributed by atoms with Crippen molar-refractivity contribution in [2.75, 3.05) is 16.8 Å². The molecule has 0 bridgehead atoms. The van der Waals surface area contributed by atoms with Crippen LogP contribution in [0.15, 0.2) is 18.2 Å². The maximum absolute atomic E-state index is 11.6. The zero-order valence-corrected chi connectivity index (χ0v) is 10.5. The number of thiocarbonyl (C=S) groups is 1. The summed E-state index contributed by atoms with van der Waals surface area (Å²) in [5, 5.41) is 3.12. The minimum atomic E-state index is 0.0680. The molecule has 0 saturated heterocycles. The van der Waals surface area contributed by atoms with Crippen LogP contribution in [0.2, 0.25) is 0 Å². The number of nitrogens with one attached hydrogen (secondary N) is 1. The molecular weight excluding hydrogens is 234 g/mol. The van der Waals surface area contributed by atoms with E-state index in [4.69, 9.17) is 18.0 Å². The van der Waals surface area contributed by atoms with Crippen LogP contribution in [-0.4, -0.2) is 17.6 Å². The van der Waals surface area contributed by atoms with Crippen LogP contribution in [0.5, 0.6) is 0 Å². The molecule has 17 heavy (non-hydrogen) atoms. The fourth-order valence-electron chi connectivity index (χ4n) is 2.12. The maximum Gasteiger partial charge on any atom is 0.223 e. The average Bonchev–Trinajstić information content (AvgIpc) is 2.27. The summed E-state index contributed by atoms with van der Waals surface area (Å²) in [6.45, 7) is 2.36. The summed E-state index contributed by atoms with van der Waals surface area (Å²) >= 11 is 4.80. The number of carbonyl (C=O) groups excluding carboxylic acids is 1. The third-order valence-corrected chi connectivity index (χ3v) is 2.95. The number of hydrogen-bond acceptors (Lipinski definition) is 2. The lowest BCUT2D eigenvalue weighted by Crippen LogP contribution is -2.33. The number of rotatable bonds is 1. The van der Waals surface area contributed by atoms with Crippen molar-refractivity contribution >= 4 is 34.6 Å². The Morgan fingerprint density at radius 2 is 2.29 bits per heavy atom. The van der Waals surface area contributed by atoms with Gasteiger partial charge in [-0.3, -0.25) is 4.79 Å². The molecule has 1 amide bonds. The molecule has 1 aromatic carbocycles. The summed E-state index contributed by atoms with van der Waals surface area (Å²) in [4.78, 5) is 13.3. The molecule has 2 rings (SSSR count). The van der Waals surface area contributed by atoms with Crippen molar-refractivity contribution < 1.29 is 4.79 Å². The highest BCUT2D eigenvalue weighted by atomic mass is 32.1. The van der Waals surface area contributed by atoms with E-state index in [1.54, 1.807) is 11.8 Å². The number of amides is 1. The highest BCUT2D eigenvalue weighted by molar-refractivity contribution is 7.80. The number of nitrogens with zero attached hydrogens (tertiary/aromatic N) is 1. The van der Waals surface area contributed by atoms with Crippen molar-refractivity contribution in [2.24, 2.45) is 5.73 Å². The second-order valence-electron chi connectivity index (χ2n) is 4.11. The van der Waals surface area contributed by atoms with E-state index in [9.17, 15) is 4.79 Å². The number of aryl methyl sites for hydroxylation is 1. The average molecular weight is 249 g/mol. The Kier molecular flexibility index (Phi) is 3.28. The SMILES string of the molecule is CC(=O)N1CCCc2ccc(NC(N)=S)cc21. The van der Waals surface area contributed by atoms with Gasteiger partial charge in [-0.1, -0.05) is 6.07 Å². The van der Waals surface area contributed by atoms with E-state index in [0.717, 1.165) is 30.8 Å². The lowest BCUT2D eigenvalue weighted by Gasteiger charge is -2.29. The molecule has 0 aliphatic carbocycles. The van der Waals surface area contributed by atoms with Crippen molar-refractivity contribution in [1.29, 1.82) is 0 Å². The van der Waals surface area contributed by atoms with Crippen LogP contribution in [0, 0.1) is 0 Å². The molecule has 1 aliphatic heterocycles. The number of carbonyl (C=O) groups is 1. The predicted octanol–water partition coefficient (Wildman–Crippen LogP) is 1.64. The summed E-state index contributed by atoms with van der Waals surface area (Å²) in [7, 11) is 0. The fraction of sp³-hybridized carbons (Fsp3) is 0.333. The number of nitrogens with two attached hydrogens (primary N) is 1. The largest absolute Gasteiger partial charge is 0.376 e. The van der Waals surface area contributed by atoms with Crippen LogP contribution in [0.3, 0.4) is 0 Å². The van der Waals surface area contributed by atoms with Crippen molar-refractivity contribution in [3.8, 4) is 0 Å². The van der Waals surface area contributed by atoms with Crippen LogP contribution >= 0.6 is 12.2 Å². The first-order valence-electron chi connectivity index (χ1n) is 5.55. The predicted molar refractivity (Wildman–Crippen MR) is 73.2 cm³/mol. The van der Waals surface area contributed by atoms with Crippen LogP contribution < -0.4 is 16.0 Å². The van der Waals surface area contributed by atoms with Gasteiger partial charge in [0.1, 0.15) is 0 Å². The number of anilines is 2. The quantitative estimate of drug-likeness (QED) is 0.743. The van der Waals surface area contributed by atoms with E-state index in [2.05, 4.69) is 5.32 Å². The normalized spacial score (nSPS) is 14.1. The second-order valence-corrected chi connectivity index (χ2v) is 4.55. The molecule has 0 unspecified atom stereocenters. The molecule has 0 spiro atoms. The number of hydrogen-bond donors (Lipinski definition) is 2. The molecule has 0 aromatic heterocycles. The first-order chi connectivity index (χ1) is 8.08. The monoisotopic (exact) mass is 249 g/mol. The van der Waals surface area contributed by atoms with E-state index in [1.807, 2.05) is 18.2 Å². The smallest absolute Gasteiger partial charge is 0.223 e. The van der Waals surface area contributed by atoms with Gasteiger partial charge in [0, 0.05) is 24.8 Å². The van der Waals surface area contributed by atoms with E-state index in [1.165, 1.54) is 5.56 Å². The molecule has 0 radical (unpaired) electrons. The van der Waals surface area contributed by atoms with Crippen molar-refractivity contribution in [2.45, 2.75) is 19.8 Å². The summed E-state index contributed by atoms with van der Waals surface area (Å²) in [6, 6.07) is 5.88. The lowest BCUT2D eigenvalue weighted by atomic mass is 10.0. The molecule has 4 nitrogen and oxygen atoms in total. The summed E-state index contributed by atoms with van der Waals surface area (Å²) < 4.78 is 0. The Morgan fingerprint density at radius 1 is 1.53 bits per heavy atom. The van der Waals surface area contributed by atoms with Gasteiger partial charge in [-0.15, -0.1) is 0 Å². The maximum atomic E-state index is 11.6. The van der Waals surface area contributed by atoms with Gasteiger partial charge in [0.05, 0.1) is 0 Å². The van der Waals surface area contributed by atoms with Crippen LogP contribution in [0.25, 0.3) is 0 Å². The number of fused-ring (bicyclic) bond motifs is 1. The molecule has 3 N–H and O–H groups in total. The molecule has 0 saturated carbocycles. The van der Waals surface area contributed by atoms with Gasteiger partial charge in [0.2, 0.25) is 5.91 Å². The van der Waals surface area contributed by atoms with Crippen LogP contribution in [0.1, 0.15) is 18.9 Å². The van der Waals surface area contributed by atoms with E-state index in [0.29, 0.717) is 0 Å². The van der Waals surface area contributed by atoms with Gasteiger partial charge in [-0.2, -0.15) is 0 Å². The van der Waals surface area contributed by atoms with Gasteiger partial charge in [0.25, 0.3) is 0 Å². The zero-order chi connectivity index (χ0) is 12.4. The van der Waals surface area contributed by atoms with Crippen LogP contribution in [0.4, 0.5) is 11.4 Å². The van der Waals surface area contributed by atoms with E-state index < -0.39 is 0 Å². The van der Waals surface area contributed by atoms with Gasteiger partial charge < -0.3 is 16.0 Å². The Bertz CT molecular complexity index is 473. The first-order valence-corrected chi connectivity index (χ1v) is 5.96. The topological polar surface area (TPSA) is 58.4 Å². The van der Waals surface area contributed by atoms with E-state index >= 15 is 0 Å². The first kappa shape index (κ1) is 11.9. The third-order valence-electron chi connectivity index (χ3n) is 2.85. The van der Waals surface area contributed by atoms with Crippen LogP contribution in [-0.2, 0) is 11.2 Å². The Hall–Kier alpha value is -1.62. The molecule has 90 valence electrons. The summed E-state index contributed by atoms with van der Waals surface area (Å²) in [5.41, 5.74) is 8.42. The highest BCUT2D eigenvalue weighted by Gasteiger charge is 2.20.